The minimum Gasteiger partial charge on any atom is -0.466 e. The van der Waals surface area contributed by atoms with E-state index in [-0.39, 0.29) is 11.1 Å². The molecule has 2 aromatic rings. The van der Waals surface area contributed by atoms with Gasteiger partial charge in [-0.15, -0.1) is 0 Å². The van der Waals surface area contributed by atoms with Gasteiger partial charge in [-0.2, -0.15) is 13.2 Å². The van der Waals surface area contributed by atoms with Crippen molar-refractivity contribution in [2.75, 3.05) is 13.7 Å². The van der Waals surface area contributed by atoms with Gasteiger partial charge in [0.2, 0.25) is 0 Å². The van der Waals surface area contributed by atoms with Gasteiger partial charge in [-0.05, 0) is 49.2 Å². The van der Waals surface area contributed by atoms with E-state index < -0.39 is 23.8 Å². The molecule has 0 bridgehead atoms. The van der Waals surface area contributed by atoms with Gasteiger partial charge in [0.05, 0.1) is 30.8 Å². The zero-order chi connectivity index (χ0) is 23.5. The number of methoxy groups -OCH3 is 1. The topological polar surface area (TPSA) is 53.9 Å². The first-order valence-electron chi connectivity index (χ1n) is 9.95. The summed E-state index contributed by atoms with van der Waals surface area (Å²) in [7, 11) is 1.24. The van der Waals surface area contributed by atoms with Gasteiger partial charge in [-0.25, -0.2) is 9.79 Å². The number of ether oxygens (including phenoxy) is 1. The van der Waals surface area contributed by atoms with E-state index in [4.69, 9.17) is 16.3 Å². The lowest BCUT2D eigenvalue weighted by atomic mass is 9.93. The summed E-state index contributed by atoms with van der Waals surface area (Å²) in [6, 6.07) is 11.3. The SMILES string of the molecule is CCN1C(=NCc2cccc(Cl)c2)N[C@H](c2cccc(C(F)(F)F)c2)C(C(=O)OC)=C1C. The number of carbonyl (C=O) groups is 1. The van der Waals surface area contributed by atoms with E-state index in [0.29, 0.717) is 29.8 Å². The molecule has 0 aromatic heterocycles. The number of nitrogens with zero attached hydrogens (tertiary/aromatic N) is 2. The van der Waals surface area contributed by atoms with Crippen molar-refractivity contribution in [2.24, 2.45) is 4.99 Å². The summed E-state index contributed by atoms with van der Waals surface area (Å²) in [6.07, 6.45) is -4.51. The number of guanidine groups is 1. The van der Waals surface area contributed by atoms with Crippen molar-refractivity contribution >= 4 is 23.5 Å². The highest BCUT2D eigenvalue weighted by Crippen LogP contribution is 2.35. The molecular weight excluding hydrogens is 443 g/mol. The number of halogens is 4. The smallest absolute Gasteiger partial charge is 0.416 e. The summed E-state index contributed by atoms with van der Waals surface area (Å²) < 4.78 is 44.8. The molecule has 170 valence electrons. The number of esters is 1. The third-order valence-electron chi connectivity index (χ3n) is 5.18. The molecule has 32 heavy (non-hydrogen) atoms. The van der Waals surface area contributed by atoms with Crippen LogP contribution in [0.25, 0.3) is 0 Å². The largest absolute Gasteiger partial charge is 0.466 e. The molecule has 0 saturated heterocycles. The van der Waals surface area contributed by atoms with Crippen LogP contribution in [-0.4, -0.2) is 30.5 Å². The number of allylic oxidation sites excluding steroid dienone is 1. The van der Waals surface area contributed by atoms with E-state index in [1.165, 1.54) is 13.2 Å². The van der Waals surface area contributed by atoms with Crippen molar-refractivity contribution in [1.82, 2.24) is 10.2 Å². The lowest BCUT2D eigenvalue weighted by molar-refractivity contribution is -0.137. The number of hydrogen-bond acceptors (Lipinski definition) is 3. The fraction of sp³-hybridized carbons (Fsp3) is 0.304. The number of rotatable bonds is 5. The second-order valence-electron chi connectivity index (χ2n) is 7.21. The van der Waals surface area contributed by atoms with Crippen LogP contribution in [0.3, 0.4) is 0 Å². The van der Waals surface area contributed by atoms with Crippen LogP contribution in [-0.2, 0) is 22.3 Å². The quantitative estimate of drug-likeness (QED) is 0.606. The predicted octanol–water partition coefficient (Wildman–Crippen LogP) is 5.33. The van der Waals surface area contributed by atoms with Crippen LogP contribution in [0.5, 0.6) is 0 Å². The highest BCUT2D eigenvalue weighted by Gasteiger charge is 2.36. The van der Waals surface area contributed by atoms with Crippen LogP contribution in [0, 0.1) is 0 Å². The number of nitrogens with one attached hydrogen (secondary N) is 1. The number of carbonyl (C=O) groups excluding carboxylic acids is 1. The standard InChI is InChI=1S/C23H23ClF3N3O2/c1-4-30-14(2)19(21(31)32-3)20(16-8-6-9-17(12-16)23(25,26)27)29-22(30)28-13-15-7-5-10-18(24)11-15/h5-12,20H,4,13H2,1-3H3,(H,28,29)/t20-/m1/s1. The Kier molecular flexibility index (Phi) is 7.13. The van der Waals surface area contributed by atoms with Gasteiger partial charge in [-0.3, -0.25) is 0 Å². The lowest BCUT2D eigenvalue weighted by Crippen LogP contribution is -2.49. The lowest BCUT2D eigenvalue weighted by Gasteiger charge is -2.37. The Hall–Kier alpha value is -3.00. The van der Waals surface area contributed by atoms with Crippen molar-refractivity contribution in [1.29, 1.82) is 0 Å². The minimum absolute atomic E-state index is 0.232. The highest BCUT2D eigenvalue weighted by molar-refractivity contribution is 6.30. The molecule has 0 saturated carbocycles. The number of hydrogen-bond donors (Lipinski definition) is 1. The third-order valence-corrected chi connectivity index (χ3v) is 5.42. The normalized spacial score (nSPS) is 18.0. The molecule has 2 aromatic carbocycles. The van der Waals surface area contributed by atoms with E-state index >= 15 is 0 Å². The summed E-state index contributed by atoms with van der Waals surface area (Å²) in [5.74, 6) is -0.176. The van der Waals surface area contributed by atoms with E-state index in [1.807, 2.05) is 19.1 Å². The average Bonchev–Trinajstić information content (AvgIpc) is 2.76. The Bertz CT molecular complexity index is 1070. The summed E-state index contributed by atoms with van der Waals surface area (Å²) >= 11 is 6.05. The fourth-order valence-corrected chi connectivity index (χ4v) is 3.84. The van der Waals surface area contributed by atoms with Crippen molar-refractivity contribution in [3.8, 4) is 0 Å². The van der Waals surface area contributed by atoms with Crippen molar-refractivity contribution in [2.45, 2.75) is 32.6 Å². The van der Waals surface area contributed by atoms with Crippen LogP contribution >= 0.6 is 11.6 Å². The molecule has 5 nitrogen and oxygen atoms in total. The van der Waals surface area contributed by atoms with Crippen molar-refractivity contribution in [3.63, 3.8) is 0 Å². The van der Waals surface area contributed by atoms with Crippen molar-refractivity contribution < 1.29 is 22.7 Å². The first-order valence-corrected chi connectivity index (χ1v) is 10.3. The fourth-order valence-electron chi connectivity index (χ4n) is 3.63. The summed E-state index contributed by atoms with van der Waals surface area (Å²) in [4.78, 5) is 19.0. The molecule has 9 heteroatoms. The first kappa shape index (κ1) is 23.7. The van der Waals surface area contributed by atoms with Gasteiger partial charge in [0, 0.05) is 17.3 Å². The van der Waals surface area contributed by atoms with E-state index in [0.717, 1.165) is 17.7 Å². The zero-order valence-corrected chi connectivity index (χ0v) is 18.6. The maximum atomic E-state index is 13.3. The molecule has 1 aliphatic rings. The molecule has 1 heterocycles. The average molecular weight is 466 g/mol. The van der Waals surface area contributed by atoms with Gasteiger partial charge in [0.15, 0.2) is 5.96 Å². The first-order chi connectivity index (χ1) is 15.2. The second kappa shape index (κ2) is 9.65. The molecule has 0 spiro atoms. The molecule has 1 atom stereocenters. The Balaban J connectivity index is 2.07. The number of benzene rings is 2. The van der Waals surface area contributed by atoms with Gasteiger partial charge in [-0.1, -0.05) is 35.9 Å². The molecule has 1 aliphatic heterocycles. The molecular formula is C23H23ClF3N3O2. The molecule has 0 fully saturated rings. The Morgan fingerprint density at radius 1 is 1.22 bits per heavy atom. The molecule has 0 unspecified atom stereocenters. The van der Waals surface area contributed by atoms with Gasteiger partial charge in [0.1, 0.15) is 0 Å². The number of alkyl halides is 3. The zero-order valence-electron chi connectivity index (χ0n) is 17.8. The van der Waals surface area contributed by atoms with Gasteiger partial charge < -0.3 is 15.0 Å². The number of aliphatic imine (C=N–C) groups is 1. The van der Waals surface area contributed by atoms with Crippen LogP contribution in [0.15, 0.2) is 64.8 Å². The molecule has 0 radical (unpaired) electrons. The van der Waals surface area contributed by atoms with E-state index in [1.54, 1.807) is 30.0 Å². The highest BCUT2D eigenvalue weighted by atomic mass is 35.5. The maximum absolute atomic E-state index is 13.3. The van der Waals surface area contributed by atoms with E-state index in [9.17, 15) is 18.0 Å². The predicted molar refractivity (Wildman–Crippen MR) is 117 cm³/mol. The van der Waals surface area contributed by atoms with Gasteiger partial charge >= 0.3 is 12.1 Å². The Labute approximate surface area is 189 Å². The summed E-state index contributed by atoms with van der Waals surface area (Å²) in [5.41, 5.74) is 1.15. The van der Waals surface area contributed by atoms with Crippen LogP contribution < -0.4 is 5.32 Å². The van der Waals surface area contributed by atoms with E-state index in [2.05, 4.69) is 10.3 Å². The minimum atomic E-state index is -4.51. The van der Waals surface area contributed by atoms with Crippen LogP contribution in [0.1, 0.15) is 36.6 Å². The summed E-state index contributed by atoms with van der Waals surface area (Å²) in [6.45, 7) is 4.41. The second-order valence-corrected chi connectivity index (χ2v) is 7.64. The van der Waals surface area contributed by atoms with Crippen molar-refractivity contribution in [3.05, 3.63) is 81.5 Å². The molecule has 1 N–H and O–H groups in total. The van der Waals surface area contributed by atoms with Crippen LogP contribution in [0.4, 0.5) is 13.2 Å². The Morgan fingerprint density at radius 3 is 2.56 bits per heavy atom. The summed E-state index contributed by atoms with van der Waals surface area (Å²) in [5, 5.41) is 3.73. The monoisotopic (exact) mass is 465 g/mol. The Morgan fingerprint density at radius 2 is 1.94 bits per heavy atom. The van der Waals surface area contributed by atoms with Crippen LogP contribution in [0.2, 0.25) is 5.02 Å². The third kappa shape index (κ3) is 5.07. The molecule has 0 amide bonds. The maximum Gasteiger partial charge on any atom is 0.416 e. The molecule has 3 rings (SSSR count). The molecule has 0 aliphatic carbocycles. The van der Waals surface area contributed by atoms with Gasteiger partial charge in [0.25, 0.3) is 0 Å².